The topological polar surface area (TPSA) is 43.1 Å². The standard InChI is InChI=1S/C16H23NO/c1-2-3-4-5-6-15(18)16(11-12-16)13-7-9-14(17)10-8-13/h7-10H,2-6,11-12,17H2,1H3. The van der Waals surface area contributed by atoms with Crippen molar-refractivity contribution in [2.45, 2.75) is 57.3 Å². The molecule has 1 aromatic rings. The number of rotatable bonds is 7. The fourth-order valence-electron chi connectivity index (χ4n) is 2.61. The molecule has 0 aromatic heterocycles. The van der Waals surface area contributed by atoms with Gasteiger partial charge in [-0.25, -0.2) is 0 Å². The van der Waals surface area contributed by atoms with Gasteiger partial charge in [-0.1, -0.05) is 38.3 Å². The molecule has 0 atom stereocenters. The van der Waals surface area contributed by atoms with Crippen LogP contribution in [0.25, 0.3) is 0 Å². The summed E-state index contributed by atoms with van der Waals surface area (Å²) in [7, 11) is 0. The van der Waals surface area contributed by atoms with E-state index < -0.39 is 0 Å². The van der Waals surface area contributed by atoms with E-state index in [2.05, 4.69) is 6.92 Å². The summed E-state index contributed by atoms with van der Waals surface area (Å²) in [6.07, 6.45) is 7.46. The Balaban J connectivity index is 1.94. The second-order valence-corrected chi connectivity index (χ2v) is 5.44. The molecule has 1 saturated carbocycles. The molecule has 0 unspecified atom stereocenters. The summed E-state index contributed by atoms with van der Waals surface area (Å²) in [4.78, 5) is 12.3. The molecule has 98 valence electrons. The second-order valence-electron chi connectivity index (χ2n) is 5.44. The molecule has 1 aromatic carbocycles. The van der Waals surface area contributed by atoms with Gasteiger partial charge < -0.3 is 5.73 Å². The molecule has 1 aliphatic rings. The molecule has 2 heteroatoms. The van der Waals surface area contributed by atoms with Crippen molar-refractivity contribution in [2.24, 2.45) is 0 Å². The van der Waals surface area contributed by atoms with Crippen molar-refractivity contribution in [3.8, 4) is 0 Å². The molecular formula is C16H23NO. The third-order valence-electron chi connectivity index (χ3n) is 4.00. The molecule has 2 nitrogen and oxygen atoms in total. The lowest BCUT2D eigenvalue weighted by Gasteiger charge is -2.14. The van der Waals surface area contributed by atoms with Crippen LogP contribution < -0.4 is 5.73 Å². The zero-order chi connectivity index (χ0) is 13.0. The lowest BCUT2D eigenvalue weighted by Crippen LogP contribution is -2.20. The van der Waals surface area contributed by atoms with Crippen LogP contribution >= 0.6 is 0 Å². The van der Waals surface area contributed by atoms with Crippen LogP contribution in [0.4, 0.5) is 5.69 Å². The first-order valence-corrected chi connectivity index (χ1v) is 7.08. The predicted octanol–water partition coefficient (Wildman–Crippen LogP) is 3.84. The van der Waals surface area contributed by atoms with E-state index in [0.717, 1.165) is 36.9 Å². The van der Waals surface area contributed by atoms with Gasteiger partial charge in [0, 0.05) is 12.1 Å². The number of nitrogens with two attached hydrogens (primary N) is 1. The van der Waals surface area contributed by atoms with Gasteiger partial charge in [0.15, 0.2) is 0 Å². The molecule has 18 heavy (non-hydrogen) atoms. The van der Waals surface area contributed by atoms with Gasteiger partial charge in [0.05, 0.1) is 5.41 Å². The average molecular weight is 245 g/mol. The van der Waals surface area contributed by atoms with Gasteiger partial charge in [-0.05, 0) is 37.0 Å². The van der Waals surface area contributed by atoms with Crippen molar-refractivity contribution in [1.82, 2.24) is 0 Å². The summed E-state index contributed by atoms with van der Waals surface area (Å²) in [5, 5.41) is 0. The number of carbonyl (C=O) groups is 1. The maximum atomic E-state index is 12.3. The van der Waals surface area contributed by atoms with Gasteiger partial charge in [0.1, 0.15) is 5.78 Å². The minimum absolute atomic E-state index is 0.153. The highest BCUT2D eigenvalue weighted by Gasteiger charge is 2.49. The van der Waals surface area contributed by atoms with Crippen LogP contribution in [0.2, 0.25) is 0 Å². The van der Waals surface area contributed by atoms with Crippen LogP contribution in [0.1, 0.15) is 57.4 Å². The fourth-order valence-corrected chi connectivity index (χ4v) is 2.61. The Morgan fingerprint density at radius 1 is 1.17 bits per heavy atom. The molecule has 0 radical (unpaired) electrons. The maximum Gasteiger partial charge on any atom is 0.143 e. The lowest BCUT2D eigenvalue weighted by molar-refractivity contribution is -0.121. The SMILES string of the molecule is CCCCCCC(=O)C1(c2ccc(N)cc2)CC1. The van der Waals surface area contributed by atoms with E-state index in [0.29, 0.717) is 5.78 Å². The molecule has 0 amide bonds. The zero-order valence-corrected chi connectivity index (χ0v) is 11.2. The molecule has 0 bridgehead atoms. The Morgan fingerprint density at radius 3 is 2.39 bits per heavy atom. The molecule has 0 aliphatic heterocycles. The number of unbranched alkanes of at least 4 members (excludes halogenated alkanes) is 3. The van der Waals surface area contributed by atoms with Crippen molar-refractivity contribution >= 4 is 11.5 Å². The Labute approximate surface area is 110 Å². The lowest BCUT2D eigenvalue weighted by atomic mass is 9.88. The first-order valence-electron chi connectivity index (χ1n) is 7.08. The normalized spacial score (nSPS) is 16.5. The predicted molar refractivity (Wildman–Crippen MR) is 75.5 cm³/mol. The monoisotopic (exact) mass is 245 g/mol. The van der Waals surface area contributed by atoms with Gasteiger partial charge in [0.2, 0.25) is 0 Å². The second kappa shape index (κ2) is 5.55. The minimum Gasteiger partial charge on any atom is -0.399 e. The summed E-state index contributed by atoms with van der Waals surface area (Å²) < 4.78 is 0. The molecule has 0 spiro atoms. The first kappa shape index (κ1) is 13.1. The number of carbonyl (C=O) groups excluding carboxylic acids is 1. The number of nitrogen functional groups attached to an aromatic ring is 1. The Bertz CT molecular complexity index is 404. The van der Waals surface area contributed by atoms with E-state index >= 15 is 0 Å². The zero-order valence-electron chi connectivity index (χ0n) is 11.2. The highest BCUT2D eigenvalue weighted by Crippen LogP contribution is 2.50. The number of hydrogen-bond acceptors (Lipinski definition) is 2. The molecule has 1 fully saturated rings. The Kier molecular flexibility index (Phi) is 4.05. The van der Waals surface area contributed by atoms with Crippen LogP contribution in [0, 0.1) is 0 Å². The first-order chi connectivity index (χ1) is 8.69. The van der Waals surface area contributed by atoms with Crippen LogP contribution in [0.5, 0.6) is 0 Å². The summed E-state index contributed by atoms with van der Waals surface area (Å²) in [5.74, 6) is 0.434. The summed E-state index contributed by atoms with van der Waals surface area (Å²) >= 11 is 0. The quantitative estimate of drug-likeness (QED) is 0.586. The smallest absolute Gasteiger partial charge is 0.143 e. The van der Waals surface area contributed by atoms with Crippen molar-refractivity contribution in [1.29, 1.82) is 0 Å². The number of benzene rings is 1. The minimum atomic E-state index is -0.153. The summed E-state index contributed by atoms with van der Waals surface area (Å²) in [6.45, 7) is 2.19. The molecular weight excluding hydrogens is 222 g/mol. The van der Waals surface area contributed by atoms with Crippen molar-refractivity contribution in [3.05, 3.63) is 29.8 Å². The largest absolute Gasteiger partial charge is 0.399 e. The number of ketones is 1. The van der Waals surface area contributed by atoms with E-state index in [1.54, 1.807) is 0 Å². The number of anilines is 1. The molecule has 0 saturated heterocycles. The highest BCUT2D eigenvalue weighted by molar-refractivity contribution is 5.93. The van der Waals surface area contributed by atoms with Gasteiger partial charge >= 0.3 is 0 Å². The van der Waals surface area contributed by atoms with Crippen molar-refractivity contribution < 1.29 is 4.79 Å². The van der Waals surface area contributed by atoms with Gasteiger partial charge in [-0.3, -0.25) is 4.79 Å². The van der Waals surface area contributed by atoms with E-state index in [1.165, 1.54) is 19.3 Å². The van der Waals surface area contributed by atoms with Gasteiger partial charge in [0.25, 0.3) is 0 Å². The summed E-state index contributed by atoms with van der Waals surface area (Å²) in [6, 6.07) is 7.85. The Morgan fingerprint density at radius 2 is 1.83 bits per heavy atom. The van der Waals surface area contributed by atoms with E-state index in [4.69, 9.17) is 5.73 Å². The maximum absolute atomic E-state index is 12.3. The van der Waals surface area contributed by atoms with Crippen molar-refractivity contribution in [3.63, 3.8) is 0 Å². The third-order valence-corrected chi connectivity index (χ3v) is 4.00. The van der Waals surface area contributed by atoms with Crippen LogP contribution in [0.15, 0.2) is 24.3 Å². The van der Waals surface area contributed by atoms with Crippen LogP contribution in [0.3, 0.4) is 0 Å². The van der Waals surface area contributed by atoms with E-state index in [1.807, 2.05) is 24.3 Å². The summed E-state index contributed by atoms with van der Waals surface area (Å²) in [5.41, 5.74) is 7.47. The Hall–Kier alpha value is -1.31. The van der Waals surface area contributed by atoms with E-state index in [9.17, 15) is 4.79 Å². The molecule has 2 rings (SSSR count). The van der Waals surface area contributed by atoms with E-state index in [-0.39, 0.29) is 5.41 Å². The van der Waals surface area contributed by atoms with Crippen LogP contribution in [-0.2, 0) is 10.2 Å². The van der Waals surface area contributed by atoms with Crippen LogP contribution in [-0.4, -0.2) is 5.78 Å². The average Bonchev–Trinajstić information content (AvgIpc) is 3.17. The van der Waals surface area contributed by atoms with Crippen molar-refractivity contribution in [2.75, 3.05) is 5.73 Å². The molecule has 2 N–H and O–H groups in total. The van der Waals surface area contributed by atoms with Gasteiger partial charge in [-0.15, -0.1) is 0 Å². The molecule has 0 heterocycles. The molecule has 1 aliphatic carbocycles. The fraction of sp³-hybridized carbons (Fsp3) is 0.562. The van der Waals surface area contributed by atoms with Gasteiger partial charge in [-0.2, -0.15) is 0 Å². The third kappa shape index (κ3) is 2.74. The highest BCUT2D eigenvalue weighted by atomic mass is 16.1. The number of Topliss-reactive ketones (excluding diaryl/α,β-unsaturated/α-hetero) is 1. The number of hydrogen-bond donors (Lipinski definition) is 1.